The molecule has 0 aromatic rings. The third-order valence-electron chi connectivity index (χ3n) is 10.5. The first-order valence-electron chi connectivity index (χ1n) is 13.7. The molecule has 1 N–H and O–H groups in total. The minimum absolute atomic E-state index is 0.185. The molecule has 3 unspecified atom stereocenters. The van der Waals surface area contributed by atoms with Crippen molar-refractivity contribution in [3.05, 3.63) is 0 Å². The number of rotatable bonds is 8. The zero-order valence-electron chi connectivity index (χ0n) is 21.1. The average molecular weight is 547 g/mol. The van der Waals surface area contributed by atoms with Crippen LogP contribution in [-0.2, 0) is 33.9 Å². The van der Waals surface area contributed by atoms with Crippen LogP contribution >= 0.6 is 0 Å². The van der Waals surface area contributed by atoms with Gasteiger partial charge in [0.15, 0.2) is 6.29 Å². The van der Waals surface area contributed by atoms with E-state index < -0.39 is 39.2 Å². The van der Waals surface area contributed by atoms with E-state index in [-0.39, 0.29) is 29.1 Å². The molecule has 8 rings (SSSR count). The first-order chi connectivity index (χ1) is 17.3. The normalized spacial score (nSPS) is 44.6. The van der Waals surface area contributed by atoms with Crippen molar-refractivity contribution in [2.24, 2.45) is 46.3 Å². The number of hydrogen-bond acceptors (Lipinski definition) is 7. The number of halogens is 2. The van der Waals surface area contributed by atoms with Crippen LogP contribution < -0.4 is 0 Å². The number of alkyl halides is 2. The highest BCUT2D eigenvalue weighted by Gasteiger charge is 2.63. The fourth-order valence-electron chi connectivity index (χ4n) is 9.79. The number of carbonyl (C=O) groups excluding carboxylic acids is 2. The molecule has 0 spiro atoms. The smallest absolute Gasteiger partial charge is 0.456 e. The molecule has 0 aliphatic heterocycles. The standard InChI is InChI=1S/C26H36F2O8S/c1-14(34-13-24-7-15-2-16(8-24)4-17(3-15)9-24)35-22(29)25-10-18-5-19(11-25)21(20(6-18)12-25)36-23(30)26(27,28)37(31,32)33/h14-21H,2-13H2,1H3,(H,31,32,33). The van der Waals surface area contributed by atoms with E-state index in [9.17, 15) is 26.8 Å². The monoisotopic (exact) mass is 546 g/mol. The lowest BCUT2D eigenvalue weighted by Crippen LogP contribution is -2.58. The van der Waals surface area contributed by atoms with Crippen LogP contribution in [0.4, 0.5) is 8.78 Å². The largest absolute Gasteiger partial charge is 0.465 e. The molecule has 8 fully saturated rings. The van der Waals surface area contributed by atoms with Crippen molar-refractivity contribution >= 4 is 22.1 Å². The van der Waals surface area contributed by atoms with Crippen molar-refractivity contribution in [3.63, 3.8) is 0 Å². The minimum atomic E-state index is -5.93. The first kappa shape index (κ1) is 25.9. The van der Waals surface area contributed by atoms with Crippen LogP contribution in [0.1, 0.15) is 77.6 Å². The van der Waals surface area contributed by atoms with E-state index in [0.29, 0.717) is 38.7 Å². The van der Waals surface area contributed by atoms with Crippen molar-refractivity contribution in [2.75, 3.05) is 6.61 Å². The van der Waals surface area contributed by atoms with Gasteiger partial charge in [0.1, 0.15) is 6.10 Å². The van der Waals surface area contributed by atoms with Crippen LogP contribution in [0, 0.1) is 46.3 Å². The van der Waals surface area contributed by atoms with E-state index in [1.54, 1.807) is 6.92 Å². The molecule has 0 heterocycles. The van der Waals surface area contributed by atoms with Gasteiger partial charge in [-0.1, -0.05) is 0 Å². The first-order valence-corrected chi connectivity index (χ1v) is 15.1. The van der Waals surface area contributed by atoms with Crippen molar-refractivity contribution in [3.8, 4) is 0 Å². The van der Waals surface area contributed by atoms with Gasteiger partial charge in [0, 0.05) is 0 Å². The number of esters is 2. The molecule has 208 valence electrons. The van der Waals surface area contributed by atoms with Gasteiger partial charge in [-0.05, 0) is 118 Å². The third kappa shape index (κ3) is 4.40. The Kier molecular flexibility index (Phi) is 6.01. The Morgan fingerprint density at radius 3 is 1.95 bits per heavy atom. The van der Waals surface area contributed by atoms with Gasteiger partial charge in [0.25, 0.3) is 0 Å². The summed E-state index contributed by atoms with van der Waals surface area (Å²) in [5.74, 6) is -0.705. The molecular weight excluding hydrogens is 510 g/mol. The molecule has 8 saturated carbocycles. The summed E-state index contributed by atoms with van der Waals surface area (Å²) in [5, 5.41) is -5.03. The van der Waals surface area contributed by atoms with Crippen LogP contribution in [0.5, 0.6) is 0 Å². The minimum Gasteiger partial charge on any atom is -0.456 e. The summed E-state index contributed by atoms with van der Waals surface area (Å²) in [6.45, 7) is 2.35. The van der Waals surface area contributed by atoms with Gasteiger partial charge < -0.3 is 14.2 Å². The van der Waals surface area contributed by atoms with Gasteiger partial charge in [-0.25, -0.2) is 4.79 Å². The molecule has 0 amide bonds. The fourth-order valence-corrected chi connectivity index (χ4v) is 10.0. The highest BCUT2D eigenvalue weighted by Crippen LogP contribution is 2.62. The lowest BCUT2D eigenvalue weighted by molar-refractivity contribution is -0.221. The molecule has 11 heteroatoms. The van der Waals surface area contributed by atoms with E-state index in [1.165, 1.54) is 38.5 Å². The molecule has 0 saturated heterocycles. The predicted octanol–water partition coefficient (Wildman–Crippen LogP) is 4.33. The van der Waals surface area contributed by atoms with E-state index in [4.69, 9.17) is 18.8 Å². The predicted molar refractivity (Wildman–Crippen MR) is 124 cm³/mol. The molecule has 0 aromatic carbocycles. The molecule has 8 aliphatic carbocycles. The molecule has 0 aromatic heterocycles. The van der Waals surface area contributed by atoms with Crippen molar-refractivity contribution in [1.29, 1.82) is 0 Å². The molecular formula is C26H36F2O8S. The molecule has 3 atom stereocenters. The van der Waals surface area contributed by atoms with Crippen LogP contribution in [0.3, 0.4) is 0 Å². The summed E-state index contributed by atoms with van der Waals surface area (Å²) >= 11 is 0. The highest BCUT2D eigenvalue weighted by molar-refractivity contribution is 7.87. The average Bonchev–Trinajstić information content (AvgIpc) is 2.78. The highest BCUT2D eigenvalue weighted by atomic mass is 32.2. The van der Waals surface area contributed by atoms with Crippen LogP contribution in [-0.4, -0.2) is 49.2 Å². The quantitative estimate of drug-likeness (QED) is 0.272. The molecule has 8 bridgehead atoms. The van der Waals surface area contributed by atoms with E-state index >= 15 is 0 Å². The van der Waals surface area contributed by atoms with Crippen LogP contribution in [0.25, 0.3) is 0 Å². The lowest BCUT2D eigenvalue weighted by atomic mass is 9.48. The van der Waals surface area contributed by atoms with Crippen LogP contribution in [0.15, 0.2) is 0 Å². The van der Waals surface area contributed by atoms with E-state index in [0.717, 1.165) is 17.8 Å². The zero-order valence-corrected chi connectivity index (χ0v) is 21.9. The Morgan fingerprint density at radius 1 is 0.919 bits per heavy atom. The lowest BCUT2D eigenvalue weighted by Gasteiger charge is -2.58. The molecule has 0 radical (unpaired) electrons. The zero-order chi connectivity index (χ0) is 26.4. The van der Waals surface area contributed by atoms with Crippen LogP contribution in [0.2, 0.25) is 0 Å². The maximum Gasteiger partial charge on any atom is 0.465 e. The number of carbonyl (C=O) groups is 2. The molecule has 37 heavy (non-hydrogen) atoms. The maximum atomic E-state index is 13.8. The second-order valence-electron chi connectivity index (χ2n) is 13.3. The molecule has 8 nitrogen and oxygen atoms in total. The van der Waals surface area contributed by atoms with Crippen molar-refractivity contribution < 1.29 is 45.6 Å². The number of hydrogen-bond donors (Lipinski definition) is 1. The van der Waals surface area contributed by atoms with Gasteiger partial charge >= 0.3 is 27.3 Å². The summed E-state index contributed by atoms with van der Waals surface area (Å²) in [5.41, 5.74) is -0.569. The second kappa shape index (κ2) is 8.58. The Hall–Kier alpha value is -1.33. The van der Waals surface area contributed by atoms with Gasteiger partial charge in [-0.2, -0.15) is 17.2 Å². The third-order valence-corrected chi connectivity index (χ3v) is 11.3. The maximum absolute atomic E-state index is 13.8. The summed E-state index contributed by atoms with van der Waals surface area (Å²) < 4.78 is 75.1. The Labute approximate surface area is 215 Å². The van der Waals surface area contributed by atoms with Crippen molar-refractivity contribution in [1.82, 2.24) is 0 Å². The SMILES string of the molecule is CC(OCC12CC3CC(CC(C3)C1)C2)OC(=O)C12CC3CC(C1)C(OC(=O)C(F)(F)S(=O)(=O)O)C(C3)C2. The van der Waals surface area contributed by atoms with Gasteiger partial charge in [-0.3, -0.25) is 9.35 Å². The Balaban J connectivity index is 1.07. The van der Waals surface area contributed by atoms with Crippen molar-refractivity contribution in [2.45, 2.75) is 95.2 Å². The number of ether oxygens (including phenoxy) is 3. The Morgan fingerprint density at radius 2 is 1.43 bits per heavy atom. The topological polar surface area (TPSA) is 116 Å². The molecule has 8 aliphatic rings. The van der Waals surface area contributed by atoms with Gasteiger partial charge in [0.2, 0.25) is 0 Å². The summed E-state index contributed by atoms with van der Waals surface area (Å²) in [6.07, 6.45) is 8.56. The fraction of sp³-hybridized carbons (Fsp3) is 0.923. The summed E-state index contributed by atoms with van der Waals surface area (Å²) in [4.78, 5) is 25.4. The van der Waals surface area contributed by atoms with E-state index in [1.807, 2.05) is 0 Å². The second-order valence-corrected chi connectivity index (χ2v) is 14.8. The summed E-state index contributed by atoms with van der Waals surface area (Å²) in [6, 6.07) is 0. The van der Waals surface area contributed by atoms with Gasteiger partial charge in [0.05, 0.1) is 12.0 Å². The van der Waals surface area contributed by atoms with E-state index in [2.05, 4.69) is 0 Å². The van der Waals surface area contributed by atoms with Gasteiger partial charge in [-0.15, -0.1) is 0 Å². The Bertz CT molecular complexity index is 1020. The summed E-state index contributed by atoms with van der Waals surface area (Å²) in [7, 11) is -5.93.